The van der Waals surface area contributed by atoms with E-state index in [2.05, 4.69) is 26.6 Å². The van der Waals surface area contributed by atoms with E-state index in [9.17, 15) is 9.18 Å². The van der Waals surface area contributed by atoms with E-state index in [1.165, 1.54) is 6.07 Å². The molecule has 200 valence electrons. The zero-order valence-electron chi connectivity index (χ0n) is 22.7. The fraction of sp³-hybridized carbons (Fsp3) is 0.258. The van der Waals surface area contributed by atoms with Gasteiger partial charge in [0.25, 0.3) is 0 Å². The standard InChI is InChI=1S/C31H32FN5OS/c1-18(2)30(38)34-25-14-13-22(16-19(25)3)37-29(28(35-31(37)39)26-11-8-9-15-33-26)23-17-20(4)36(21(23)5)27-12-7-6-10-24(27)32/h6-18,28-29H,1-5H3,(H,34,38)(H,35,39)/t28-,29-/m1/s1. The molecule has 4 aromatic rings. The van der Waals surface area contributed by atoms with Crippen molar-refractivity contribution in [2.45, 2.75) is 46.7 Å². The van der Waals surface area contributed by atoms with Gasteiger partial charge in [0.05, 0.1) is 23.5 Å². The Bertz CT molecular complexity index is 1550. The van der Waals surface area contributed by atoms with Crippen molar-refractivity contribution < 1.29 is 9.18 Å². The van der Waals surface area contributed by atoms with E-state index >= 15 is 0 Å². The summed E-state index contributed by atoms with van der Waals surface area (Å²) < 4.78 is 16.8. The SMILES string of the molecule is Cc1cc(N2C(=S)N[C@H](c3ccccn3)[C@H]2c2cc(C)n(-c3ccccc3F)c2C)ccc1NC(=O)C(C)C. The molecule has 0 saturated carbocycles. The predicted octanol–water partition coefficient (Wildman–Crippen LogP) is 6.71. The summed E-state index contributed by atoms with van der Waals surface area (Å²) in [6.45, 7) is 9.71. The van der Waals surface area contributed by atoms with Crippen LogP contribution in [0.15, 0.2) is 72.9 Å². The van der Waals surface area contributed by atoms with Gasteiger partial charge in [-0.3, -0.25) is 9.78 Å². The number of anilines is 2. The Balaban J connectivity index is 1.63. The molecule has 5 rings (SSSR count). The second-order valence-electron chi connectivity index (χ2n) is 10.3. The molecule has 0 radical (unpaired) electrons. The zero-order valence-corrected chi connectivity index (χ0v) is 23.5. The minimum atomic E-state index is -0.279. The zero-order chi connectivity index (χ0) is 27.8. The number of rotatable bonds is 6. The van der Waals surface area contributed by atoms with Crippen LogP contribution in [0.2, 0.25) is 0 Å². The van der Waals surface area contributed by atoms with Gasteiger partial charge >= 0.3 is 0 Å². The second-order valence-corrected chi connectivity index (χ2v) is 10.6. The van der Waals surface area contributed by atoms with E-state index in [1.54, 1.807) is 18.3 Å². The van der Waals surface area contributed by atoms with Crippen molar-refractivity contribution in [3.05, 3.63) is 107 Å². The molecule has 2 aromatic heterocycles. The van der Waals surface area contributed by atoms with Crippen LogP contribution in [0.3, 0.4) is 0 Å². The minimum absolute atomic E-state index is 0.0297. The largest absolute Gasteiger partial charge is 0.351 e. The van der Waals surface area contributed by atoms with Gasteiger partial charge in [0, 0.05) is 34.9 Å². The van der Waals surface area contributed by atoms with Crippen LogP contribution in [-0.2, 0) is 4.79 Å². The van der Waals surface area contributed by atoms with Gasteiger partial charge in [-0.1, -0.05) is 32.0 Å². The van der Waals surface area contributed by atoms with E-state index in [4.69, 9.17) is 12.2 Å². The lowest BCUT2D eigenvalue weighted by molar-refractivity contribution is -0.118. The maximum atomic E-state index is 14.9. The molecule has 1 saturated heterocycles. The molecule has 1 aliphatic heterocycles. The van der Waals surface area contributed by atoms with Crippen LogP contribution in [-0.4, -0.2) is 20.6 Å². The highest BCUT2D eigenvalue weighted by molar-refractivity contribution is 7.80. The Kier molecular flexibility index (Phi) is 7.23. The quantitative estimate of drug-likeness (QED) is 0.266. The number of benzene rings is 2. The number of aromatic nitrogens is 2. The van der Waals surface area contributed by atoms with Crippen LogP contribution in [0.25, 0.3) is 5.69 Å². The number of nitrogens with one attached hydrogen (secondary N) is 2. The summed E-state index contributed by atoms with van der Waals surface area (Å²) in [4.78, 5) is 19.1. The number of hydrogen-bond acceptors (Lipinski definition) is 3. The molecule has 2 atom stereocenters. The van der Waals surface area contributed by atoms with Crippen LogP contribution < -0.4 is 15.5 Å². The summed E-state index contributed by atoms with van der Waals surface area (Å²) in [5.41, 5.74) is 6.84. The molecular weight excluding hydrogens is 509 g/mol. The van der Waals surface area contributed by atoms with Crippen molar-refractivity contribution in [3.63, 3.8) is 0 Å². The number of halogens is 1. The van der Waals surface area contributed by atoms with Gasteiger partial charge in [0.2, 0.25) is 5.91 Å². The Morgan fingerprint density at radius 1 is 1.05 bits per heavy atom. The van der Waals surface area contributed by atoms with Crippen molar-refractivity contribution in [2.75, 3.05) is 10.2 Å². The van der Waals surface area contributed by atoms with Crippen molar-refractivity contribution in [3.8, 4) is 5.69 Å². The lowest BCUT2D eigenvalue weighted by Gasteiger charge is -2.29. The van der Waals surface area contributed by atoms with Crippen LogP contribution in [0.4, 0.5) is 15.8 Å². The van der Waals surface area contributed by atoms with Gasteiger partial charge < -0.3 is 20.1 Å². The number of para-hydroxylation sites is 1. The first kappa shape index (κ1) is 26.6. The van der Waals surface area contributed by atoms with Crippen LogP contribution in [0.5, 0.6) is 0 Å². The molecular formula is C31H32FN5OS. The van der Waals surface area contributed by atoms with Crippen molar-refractivity contribution in [2.24, 2.45) is 5.92 Å². The lowest BCUT2D eigenvalue weighted by Crippen LogP contribution is -2.29. The van der Waals surface area contributed by atoms with Gasteiger partial charge in [0.1, 0.15) is 5.82 Å². The number of thiocarbonyl (C=S) groups is 1. The van der Waals surface area contributed by atoms with Crippen molar-refractivity contribution >= 4 is 34.6 Å². The Morgan fingerprint density at radius 2 is 1.79 bits per heavy atom. The Hall–Kier alpha value is -4.04. The monoisotopic (exact) mass is 541 g/mol. The molecule has 39 heavy (non-hydrogen) atoms. The van der Waals surface area contributed by atoms with Crippen molar-refractivity contribution in [1.82, 2.24) is 14.9 Å². The first-order chi connectivity index (χ1) is 18.7. The second kappa shape index (κ2) is 10.6. The average Bonchev–Trinajstić information content (AvgIpc) is 3.41. The number of carbonyl (C=O) groups is 1. The van der Waals surface area contributed by atoms with Gasteiger partial charge in [-0.2, -0.15) is 0 Å². The highest BCUT2D eigenvalue weighted by Gasteiger charge is 2.42. The van der Waals surface area contributed by atoms with Gasteiger partial charge in [0.15, 0.2) is 5.11 Å². The van der Waals surface area contributed by atoms with Crippen LogP contribution in [0.1, 0.15) is 54.1 Å². The number of nitrogens with zero attached hydrogens (tertiary/aromatic N) is 3. The summed E-state index contributed by atoms with van der Waals surface area (Å²) in [7, 11) is 0. The highest BCUT2D eigenvalue weighted by Crippen LogP contribution is 2.44. The summed E-state index contributed by atoms with van der Waals surface area (Å²) in [6, 6.07) is 20.2. The lowest BCUT2D eigenvalue weighted by atomic mass is 9.96. The third kappa shape index (κ3) is 4.92. The Morgan fingerprint density at radius 3 is 2.46 bits per heavy atom. The minimum Gasteiger partial charge on any atom is -0.351 e. The maximum Gasteiger partial charge on any atom is 0.226 e. The molecule has 8 heteroatoms. The molecule has 0 unspecified atom stereocenters. The van der Waals surface area contributed by atoms with Crippen LogP contribution in [0, 0.1) is 32.5 Å². The van der Waals surface area contributed by atoms with E-state index < -0.39 is 0 Å². The van der Waals surface area contributed by atoms with Crippen molar-refractivity contribution in [1.29, 1.82) is 0 Å². The normalized spacial score (nSPS) is 17.0. The topological polar surface area (TPSA) is 62.2 Å². The first-order valence-electron chi connectivity index (χ1n) is 13.0. The fourth-order valence-corrected chi connectivity index (χ4v) is 5.60. The maximum absolute atomic E-state index is 14.9. The van der Waals surface area contributed by atoms with Gasteiger partial charge in [-0.05, 0) is 92.6 Å². The van der Waals surface area contributed by atoms with E-state index in [0.29, 0.717) is 10.8 Å². The molecule has 0 spiro atoms. The number of carbonyl (C=O) groups excluding carboxylic acids is 1. The molecule has 1 fully saturated rings. The third-order valence-corrected chi connectivity index (χ3v) is 7.57. The summed E-state index contributed by atoms with van der Waals surface area (Å²) in [5, 5.41) is 7.08. The third-order valence-electron chi connectivity index (χ3n) is 7.25. The molecule has 3 heterocycles. The molecule has 2 N–H and O–H groups in total. The molecule has 1 amide bonds. The summed E-state index contributed by atoms with van der Waals surface area (Å²) in [6.07, 6.45) is 1.78. The number of aryl methyl sites for hydroxylation is 2. The summed E-state index contributed by atoms with van der Waals surface area (Å²) in [5.74, 6) is -0.427. The highest BCUT2D eigenvalue weighted by atomic mass is 32.1. The molecule has 2 aromatic carbocycles. The predicted molar refractivity (Wildman–Crippen MR) is 158 cm³/mol. The summed E-state index contributed by atoms with van der Waals surface area (Å²) >= 11 is 5.90. The molecule has 6 nitrogen and oxygen atoms in total. The van der Waals surface area contributed by atoms with E-state index in [-0.39, 0.29) is 29.7 Å². The van der Waals surface area contributed by atoms with Crippen LogP contribution >= 0.6 is 12.2 Å². The Labute approximate surface area is 233 Å². The number of amides is 1. The molecule has 0 bridgehead atoms. The smallest absolute Gasteiger partial charge is 0.226 e. The van der Waals surface area contributed by atoms with Gasteiger partial charge in [-0.15, -0.1) is 0 Å². The molecule has 0 aliphatic carbocycles. The van der Waals surface area contributed by atoms with E-state index in [0.717, 1.165) is 39.6 Å². The van der Waals surface area contributed by atoms with E-state index in [1.807, 2.05) is 81.7 Å². The first-order valence-corrected chi connectivity index (χ1v) is 13.4. The number of pyridine rings is 1. The number of hydrogen-bond donors (Lipinski definition) is 2. The van der Waals surface area contributed by atoms with Gasteiger partial charge in [-0.25, -0.2) is 4.39 Å². The molecule has 1 aliphatic rings. The average molecular weight is 542 g/mol. The fourth-order valence-electron chi connectivity index (χ4n) is 5.25.